The van der Waals surface area contributed by atoms with Gasteiger partial charge in [-0.25, -0.2) is 13.1 Å². The summed E-state index contributed by atoms with van der Waals surface area (Å²) in [6, 6.07) is 5.92. The van der Waals surface area contributed by atoms with Crippen LogP contribution in [0.1, 0.15) is 33.3 Å². The zero-order chi connectivity index (χ0) is 16.3. The highest BCUT2D eigenvalue weighted by Crippen LogP contribution is 2.25. The number of aliphatic carboxylic acids is 1. The van der Waals surface area contributed by atoms with Crippen LogP contribution in [-0.2, 0) is 21.2 Å². The minimum Gasteiger partial charge on any atom is -0.481 e. The minimum absolute atomic E-state index is 0.117. The van der Waals surface area contributed by atoms with Crippen molar-refractivity contribution >= 4 is 16.0 Å². The molecule has 0 saturated heterocycles. The Kier molecular flexibility index (Phi) is 5.53. The number of nitrogens with one attached hydrogen (secondary N) is 1. The Morgan fingerprint density at radius 3 is 2.19 bits per heavy atom. The highest BCUT2D eigenvalue weighted by atomic mass is 32.2. The monoisotopic (exact) mass is 313 g/mol. The molecule has 0 atom stereocenters. The Morgan fingerprint density at radius 1 is 1.24 bits per heavy atom. The average Bonchev–Trinajstić information content (AvgIpc) is 2.36. The number of benzene rings is 1. The van der Waals surface area contributed by atoms with E-state index in [-0.39, 0.29) is 16.7 Å². The zero-order valence-electron chi connectivity index (χ0n) is 12.9. The van der Waals surface area contributed by atoms with E-state index in [4.69, 9.17) is 5.11 Å². The van der Waals surface area contributed by atoms with E-state index in [1.54, 1.807) is 0 Å². The molecule has 1 aromatic rings. The van der Waals surface area contributed by atoms with Gasteiger partial charge in [0, 0.05) is 6.54 Å². The maximum atomic E-state index is 12.2. The van der Waals surface area contributed by atoms with E-state index in [1.807, 2.05) is 13.8 Å². The Balaban J connectivity index is 2.81. The van der Waals surface area contributed by atoms with E-state index >= 15 is 0 Å². The second-order valence-electron chi connectivity index (χ2n) is 6.18. The predicted octanol–water partition coefficient (Wildman–Crippen LogP) is 2.27. The number of rotatable bonds is 7. The Bertz CT molecular complexity index is 589. The molecule has 0 unspecified atom stereocenters. The molecule has 2 N–H and O–H groups in total. The molecule has 0 amide bonds. The first-order valence-electron chi connectivity index (χ1n) is 6.85. The van der Waals surface area contributed by atoms with Crippen molar-refractivity contribution in [2.75, 3.05) is 6.54 Å². The van der Waals surface area contributed by atoms with E-state index in [1.165, 1.54) is 24.3 Å². The van der Waals surface area contributed by atoms with Crippen molar-refractivity contribution in [3.8, 4) is 0 Å². The molecule has 0 bridgehead atoms. The number of sulfonamides is 1. The fourth-order valence-electron chi connectivity index (χ4n) is 1.53. The molecule has 0 radical (unpaired) electrons. The highest BCUT2D eigenvalue weighted by molar-refractivity contribution is 7.89. The van der Waals surface area contributed by atoms with E-state index in [0.717, 1.165) is 0 Å². The number of hydrogen-bond donors (Lipinski definition) is 2. The van der Waals surface area contributed by atoms with Crippen LogP contribution >= 0.6 is 0 Å². The average molecular weight is 313 g/mol. The van der Waals surface area contributed by atoms with Crippen molar-refractivity contribution in [2.45, 2.75) is 39.0 Å². The lowest BCUT2D eigenvalue weighted by Crippen LogP contribution is -2.36. The fourth-order valence-corrected chi connectivity index (χ4v) is 2.75. The first kappa shape index (κ1) is 17.7. The molecule has 0 heterocycles. The number of carboxylic acids is 1. The molecule has 0 fully saturated rings. The summed E-state index contributed by atoms with van der Waals surface area (Å²) in [6.07, 6.45) is -0.117. The largest absolute Gasteiger partial charge is 0.481 e. The van der Waals surface area contributed by atoms with Crippen LogP contribution in [0.25, 0.3) is 0 Å². The molecule has 1 rings (SSSR count). The van der Waals surface area contributed by atoms with Crippen LogP contribution in [0.5, 0.6) is 0 Å². The topological polar surface area (TPSA) is 83.5 Å². The van der Waals surface area contributed by atoms with Gasteiger partial charge in [0.2, 0.25) is 10.0 Å². The molecular weight excluding hydrogens is 290 g/mol. The predicted molar refractivity (Wildman–Crippen MR) is 81.6 cm³/mol. The SMILES string of the molecule is CC(C)C(C)(C)CNS(=O)(=O)c1ccc(CC(=O)O)cc1. The lowest BCUT2D eigenvalue weighted by molar-refractivity contribution is -0.136. The van der Waals surface area contributed by atoms with Crippen molar-refractivity contribution in [1.82, 2.24) is 4.72 Å². The molecule has 0 aromatic heterocycles. The lowest BCUT2D eigenvalue weighted by atomic mass is 9.81. The zero-order valence-corrected chi connectivity index (χ0v) is 13.7. The summed E-state index contributed by atoms with van der Waals surface area (Å²) in [5.74, 6) is -0.597. The van der Waals surface area contributed by atoms with Gasteiger partial charge in [-0.3, -0.25) is 4.79 Å². The van der Waals surface area contributed by atoms with Crippen LogP contribution in [0.4, 0.5) is 0 Å². The number of hydrogen-bond acceptors (Lipinski definition) is 3. The normalized spacial score (nSPS) is 12.6. The molecule has 118 valence electrons. The van der Waals surface area contributed by atoms with Crippen LogP contribution < -0.4 is 4.72 Å². The molecule has 21 heavy (non-hydrogen) atoms. The summed E-state index contributed by atoms with van der Waals surface area (Å²) in [6.45, 7) is 8.47. The van der Waals surface area contributed by atoms with E-state index in [0.29, 0.717) is 18.0 Å². The molecule has 0 aliphatic rings. The highest BCUT2D eigenvalue weighted by Gasteiger charge is 2.25. The second-order valence-corrected chi connectivity index (χ2v) is 7.95. The van der Waals surface area contributed by atoms with E-state index in [9.17, 15) is 13.2 Å². The summed E-state index contributed by atoms with van der Waals surface area (Å²) in [5.41, 5.74) is 0.431. The van der Waals surface area contributed by atoms with Gasteiger partial charge < -0.3 is 5.11 Å². The van der Waals surface area contributed by atoms with Gasteiger partial charge in [0.25, 0.3) is 0 Å². The van der Waals surface area contributed by atoms with Crippen molar-refractivity contribution < 1.29 is 18.3 Å². The van der Waals surface area contributed by atoms with Crippen LogP contribution in [0.2, 0.25) is 0 Å². The van der Waals surface area contributed by atoms with Gasteiger partial charge in [-0.05, 0) is 29.0 Å². The smallest absolute Gasteiger partial charge is 0.307 e. The van der Waals surface area contributed by atoms with Crippen molar-refractivity contribution in [3.63, 3.8) is 0 Å². The maximum absolute atomic E-state index is 12.2. The Labute approximate surface area is 126 Å². The van der Waals surface area contributed by atoms with E-state index in [2.05, 4.69) is 18.6 Å². The van der Waals surface area contributed by atoms with E-state index < -0.39 is 16.0 Å². The Hall–Kier alpha value is -1.40. The van der Waals surface area contributed by atoms with Crippen LogP contribution in [0, 0.1) is 11.3 Å². The molecular formula is C15H23NO4S. The second kappa shape index (κ2) is 6.58. The molecule has 0 aliphatic carbocycles. The third-order valence-corrected chi connectivity index (χ3v) is 5.29. The molecule has 6 heteroatoms. The van der Waals surface area contributed by atoms with Gasteiger partial charge in [0.1, 0.15) is 0 Å². The fraction of sp³-hybridized carbons (Fsp3) is 0.533. The molecule has 0 aliphatic heterocycles. The van der Waals surface area contributed by atoms with Crippen molar-refractivity contribution in [1.29, 1.82) is 0 Å². The first-order valence-corrected chi connectivity index (χ1v) is 8.33. The molecule has 5 nitrogen and oxygen atoms in total. The first-order chi connectivity index (χ1) is 9.54. The van der Waals surface area contributed by atoms with Gasteiger partial charge in [-0.1, -0.05) is 39.8 Å². The van der Waals surface area contributed by atoms with Crippen molar-refractivity contribution in [3.05, 3.63) is 29.8 Å². The summed E-state index contributed by atoms with van der Waals surface area (Å²) in [5, 5.41) is 8.69. The van der Waals surface area contributed by atoms with Crippen LogP contribution in [0.15, 0.2) is 29.2 Å². The van der Waals surface area contributed by atoms with Crippen molar-refractivity contribution in [2.24, 2.45) is 11.3 Å². The number of carbonyl (C=O) groups is 1. The molecule has 0 saturated carbocycles. The third kappa shape index (κ3) is 5.13. The molecule has 1 aromatic carbocycles. The summed E-state index contributed by atoms with van der Waals surface area (Å²) in [7, 11) is -3.57. The summed E-state index contributed by atoms with van der Waals surface area (Å²) in [4.78, 5) is 10.7. The lowest BCUT2D eigenvalue weighted by Gasteiger charge is -2.29. The van der Waals surface area contributed by atoms with Gasteiger partial charge in [-0.15, -0.1) is 0 Å². The van der Waals surface area contributed by atoms with Gasteiger partial charge in [0.05, 0.1) is 11.3 Å². The standard InChI is InChI=1S/C15H23NO4S/c1-11(2)15(3,4)10-16-21(19,20)13-7-5-12(6-8-13)9-14(17)18/h5-8,11,16H,9-10H2,1-4H3,(H,17,18). The van der Waals surface area contributed by atoms with Crippen LogP contribution in [-0.4, -0.2) is 26.0 Å². The third-order valence-electron chi connectivity index (χ3n) is 3.87. The minimum atomic E-state index is -3.57. The van der Waals surface area contributed by atoms with Gasteiger partial charge in [-0.2, -0.15) is 0 Å². The summed E-state index contributed by atoms with van der Waals surface area (Å²) >= 11 is 0. The van der Waals surface area contributed by atoms with Gasteiger partial charge in [0.15, 0.2) is 0 Å². The Morgan fingerprint density at radius 2 is 1.76 bits per heavy atom. The summed E-state index contributed by atoms with van der Waals surface area (Å²) < 4.78 is 27.0. The van der Waals surface area contributed by atoms with Crippen LogP contribution in [0.3, 0.4) is 0 Å². The van der Waals surface area contributed by atoms with Gasteiger partial charge >= 0.3 is 5.97 Å². The quantitative estimate of drug-likeness (QED) is 0.809. The number of carboxylic acid groups (broad SMARTS) is 1. The maximum Gasteiger partial charge on any atom is 0.307 e. The molecule has 0 spiro atoms.